The predicted octanol–water partition coefficient (Wildman–Crippen LogP) is 0.462. The Kier molecular flexibility index (Phi) is 4.71. The van der Waals surface area contributed by atoms with Crippen LogP contribution in [0.5, 0.6) is 0 Å². The number of carbonyl (C=O) groups is 1. The Labute approximate surface area is 124 Å². The van der Waals surface area contributed by atoms with Crippen molar-refractivity contribution in [2.75, 3.05) is 6.61 Å². The van der Waals surface area contributed by atoms with Crippen molar-refractivity contribution in [3.63, 3.8) is 0 Å². The van der Waals surface area contributed by atoms with Gasteiger partial charge in [-0.1, -0.05) is 6.92 Å². The Hall–Kier alpha value is -1.77. The first kappa shape index (κ1) is 15.6. The summed E-state index contributed by atoms with van der Waals surface area (Å²) >= 11 is 1.11. The molecule has 1 unspecified atom stereocenters. The molecule has 0 saturated heterocycles. The van der Waals surface area contributed by atoms with Crippen LogP contribution in [0, 0.1) is 0 Å². The molecule has 0 aliphatic carbocycles. The minimum absolute atomic E-state index is 0.0532. The van der Waals surface area contributed by atoms with E-state index in [2.05, 4.69) is 4.98 Å². The number of carboxylic acids is 1. The first-order valence-electron chi connectivity index (χ1n) is 6.52. The van der Waals surface area contributed by atoms with Gasteiger partial charge in [-0.3, -0.25) is 9.36 Å². The third kappa shape index (κ3) is 2.97. The molecule has 0 saturated carbocycles. The van der Waals surface area contributed by atoms with Crippen LogP contribution in [0.4, 0.5) is 0 Å². The molecule has 3 N–H and O–H groups in total. The van der Waals surface area contributed by atoms with Gasteiger partial charge >= 0.3 is 5.97 Å². The summed E-state index contributed by atoms with van der Waals surface area (Å²) in [6, 6.07) is 0. The molecule has 0 radical (unpaired) electrons. The second-order valence-electron chi connectivity index (χ2n) is 4.66. The lowest BCUT2D eigenvalue weighted by molar-refractivity contribution is 0.0699. The Balaban J connectivity index is 2.69. The van der Waals surface area contributed by atoms with Crippen molar-refractivity contribution in [1.29, 1.82) is 0 Å². The SMILES string of the molecule is CCCc1nc2scc(C(=O)O)c2c(=O)n1CC(O)CO. The van der Waals surface area contributed by atoms with Crippen LogP contribution in [-0.4, -0.2) is 43.6 Å². The van der Waals surface area contributed by atoms with Crippen molar-refractivity contribution in [3.05, 3.63) is 27.1 Å². The Morgan fingerprint density at radius 2 is 2.24 bits per heavy atom. The highest BCUT2D eigenvalue weighted by molar-refractivity contribution is 7.17. The average molecular weight is 312 g/mol. The number of aromatic nitrogens is 2. The molecule has 2 aromatic heterocycles. The number of hydrogen-bond acceptors (Lipinski definition) is 6. The van der Waals surface area contributed by atoms with Gasteiger partial charge in [-0.2, -0.15) is 0 Å². The van der Waals surface area contributed by atoms with Crippen molar-refractivity contribution in [3.8, 4) is 0 Å². The molecule has 0 aliphatic rings. The van der Waals surface area contributed by atoms with E-state index >= 15 is 0 Å². The molecule has 7 nitrogen and oxygen atoms in total. The van der Waals surface area contributed by atoms with Crippen molar-refractivity contribution in [2.24, 2.45) is 0 Å². The fourth-order valence-electron chi connectivity index (χ4n) is 2.10. The summed E-state index contributed by atoms with van der Waals surface area (Å²) in [5.74, 6) is -0.695. The number of aromatic carboxylic acids is 1. The van der Waals surface area contributed by atoms with Gasteiger partial charge < -0.3 is 15.3 Å². The molecule has 0 aromatic carbocycles. The molecular weight excluding hydrogens is 296 g/mol. The molecule has 0 fully saturated rings. The van der Waals surface area contributed by atoms with Crippen molar-refractivity contribution in [1.82, 2.24) is 9.55 Å². The van der Waals surface area contributed by atoms with Gasteiger partial charge in [-0.25, -0.2) is 9.78 Å². The normalized spacial score (nSPS) is 12.7. The van der Waals surface area contributed by atoms with Crippen molar-refractivity contribution < 1.29 is 20.1 Å². The number of thiophene rings is 1. The number of rotatable bonds is 6. The molecule has 0 bridgehead atoms. The highest BCUT2D eigenvalue weighted by Gasteiger charge is 2.20. The van der Waals surface area contributed by atoms with Crippen LogP contribution in [0.2, 0.25) is 0 Å². The smallest absolute Gasteiger partial charge is 0.337 e. The summed E-state index contributed by atoms with van der Waals surface area (Å²) in [4.78, 5) is 28.4. The number of carboxylic acid groups (broad SMARTS) is 1. The van der Waals surface area contributed by atoms with Crippen LogP contribution in [0.15, 0.2) is 10.2 Å². The fraction of sp³-hybridized carbons (Fsp3) is 0.462. The predicted molar refractivity (Wildman–Crippen MR) is 77.9 cm³/mol. The minimum atomic E-state index is -1.18. The van der Waals surface area contributed by atoms with Gasteiger partial charge in [0.1, 0.15) is 10.7 Å². The van der Waals surface area contributed by atoms with E-state index in [0.717, 1.165) is 17.8 Å². The number of nitrogens with zero attached hydrogens (tertiary/aromatic N) is 2. The molecular formula is C13H16N2O5S. The first-order chi connectivity index (χ1) is 9.99. The summed E-state index contributed by atoms with van der Waals surface area (Å²) < 4.78 is 1.26. The number of hydrogen-bond donors (Lipinski definition) is 3. The topological polar surface area (TPSA) is 113 Å². The first-order valence-corrected chi connectivity index (χ1v) is 7.40. The molecule has 0 aliphatic heterocycles. The Bertz CT molecular complexity index is 721. The van der Waals surface area contributed by atoms with Crippen LogP contribution in [0.1, 0.15) is 29.5 Å². The standard InChI is InChI=1S/C13H16N2O5S/c1-2-3-9-14-11-10(8(6-21-11)13(19)20)12(18)15(9)4-7(17)5-16/h6-7,16-17H,2-5H2,1H3,(H,19,20). The lowest BCUT2D eigenvalue weighted by Crippen LogP contribution is -2.32. The third-order valence-corrected chi connectivity index (χ3v) is 3.95. The minimum Gasteiger partial charge on any atom is -0.478 e. The van der Waals surface area contributed by atoms with Crippen LogP contribution in [0.25, 0.3) is 10.2 Å². The van der Waals surface area contributed by atoms with Gasteiger partial charge in [0, 0.05) is 11.8 Å². The maximum absolute atomic E-state index is 12.5. The van der Waals surface area contributed by atoms with Gasteiger partial charge in [0.2, 0.25) is 0 Å². The number of fused-ring (bicyclic) bond motifs is 1. The second-order valence-corrected chi connectivity index (χ2v) is 5.52. The van der Waals surface area contributed by atoms with Crippen LogP contribution in [-0.2, 0) is 13.0 Å². The number of aryl methyl sites for hydroxylation is 1. The van der Waals surface area contributed by atoms with E-state index < -0.39 is 24.2 Å². The van der Waals surface area contributed by atoms with Gasteiger partial charge in [-0.05, 0) is 6.42 Å². The van der Waals surface area contributed by atoms with Gasteiger partial charge in [0.05, 0.1) is 30.2 Å². The number of aliphatic hydroxyl groups excluding tert-OH is 2. The maximum atomic E-state index is 12.5. The molecule has 0 amide bonds. The molecule has 21 heavy (non-hydrogen) atoms. The van der Waals surface area contributed by atoms with Crippen molar-refractivity contribution in [2.45, 2.75) is 32.4 Å². The van der Waals surface area contributed by atoms with Gasteiger partial charge in [0.15, 0.2) is 0 Å². The lowest BCUT2D eigenvalue weighted by Gasteiger charge is -2.14. The monoisotopic (exact) mass is 312 g/mol. The van der Waals surface area contributed by atoms with Gasteiger partial charge in [-0.15, -0.1) is 11.3 Å². The fourth-order valence-corrected chi connectivity index (χ4v) is 3.02. The van der Waals surface area contributed by atoms with E-state index in [1.54, 1.807) is 0 Å². The average Bonchev–Trinajstić information content (AvgIpc) is 2.87. The highest BCUT2D eigenvalue weighted by Crippen LogP contribution is 2.22. The van der Waals surface area contributed by atoms with E-state index in [9.17, 15) is 14.7 Å². The summed E-state index contributed by atoms with van der Waals surface area (Å²) in [5.41, 5.74) is -0.572. The zero-order valence-electron chi connectivity index (χ0n) is 11.4. The van der Waals surface area contributed by atoms with Crippen molar-refractivity contribution >= 4 is 27.5 Å². The second kappa shape index (κ2) is 6.33. The summed E-state index contributed by atoms with van der Waals surface area (Å²) in [6.45, 7) is 1.34. The summed E-state index contributed by atoms with van der Waals surface area (Å²) in [6.07, 6.45) is 0.193. The largest absolute Gasteiger partial charge is 0.478 e. The molecule has 8 heteroatoms. The van der Waals surface area contributed by atoms with E-state index in [-0.39, 0.29) is 17.5 Å². The summed E-state index contributed by atoms with van der Waals surface area (Å²) in [5, 5.41) is 29.1. The molecule has 114 valence electrons. The quantitative estimate of drug-likeness (QED) is 0.714. The van der Waals surface area contributed by atoms with Crippen LogP contribution < -0.4 is 5.56 Å². The van der Waals surface area contributed by atoms with Gasteiger partial charge in [0.25, 0.3) is 5.56 Å². The molecule has 2 heterocycles. The lowest BCUT2D eigenvalue weighted by atomic mass is 10.2. The van der Waals surface area contributed by atoms with Crippen LogP contribution >= 0.6 is 11.3 Å². The zero-order valence-corrected chi connectivity index (χ0v) is 12.3. The van der Waals surface area contributed by atoms with E-state index in [1.165, 1.54) is 9.95 Å². The van der Waals surface area contributed by atoms with Crippen LogP contribution in [0.3, 0.4) is 0 Å². The van der Waals surface area contributed by atoms with E-state index in [1.807, 2.05) is 6.92 Å². The summed E-state index contributed by atoms with van der Waals surface area (Å²) in [7, 11) is 0. The molecule has 0 spiro atoms. The molecule has 2 aromatic rings. The molecule has 2 rings (SSSR count). The third-order valence-electron chi connectivity index (χ3n) is 3.08. The van der Waals surface area contributed by atoms with E-state index in [0.29, 0.717) is 17.1 Å². The Morgan fingerprint density at radius 1 is 1.52 bits per heavy atom. The number of aliphatic hydroxyl groups is 2. The highest BCUT2D eigenvalue weighted by atomic mass is 32.1. The molecule has 1 atom stereocenters. The Morgan fingerprint density at radius 3 is 2.81 bits per heavy atom. The van der Waals surface area contributed by atoms with E-state index in [4.69, 9.17) is 10.2 Å². The zero-order chi connectivity index (χ0) is 15.6. The maximum Gasteiger partial charge on any atom is 0.337 e.